The van der Waals surface area contributed by atoms with Crippen molar-refractivity contribution in [3.63, 3.8) is 0 Å². The van der Waals surface area contributed by atoms with Gasteiger partial charge in [0.1, 0.15) is 0 Å². The van der Waals surface area contributed by atoms with Gasteiger partial charge in [-0.15, -0.1) is 0 Å². The second-order valence-corrected chi connectivity index (χ2v) is 7.07. The lowest BCUT2D eigenvalue weighted by atomic mass is 9.85. The van der Waals surface area contributed by atoms with Crippen molar-refractivity contribution < 1.29 is 9.47 Å². The van der Waals surface area contributed by atoms with Gasteiger partial charge >= 0.3 is 0 Å². The lowest BCUT2D eigenvalue weighted by Gasteiger charge is -2.19. The summed E-state index contributed by atoms with van der Waals surface area (Å²) in [6, 6.07) is 3.69. The summed E-state index contributed by atoms with van der Waals surface area (Å²) in [5, 5.41) is 10.9. The molecule has 0 bridgehead atoms. The zero-order valence-corrected chi connectivity index (χ0v) is 16.9. The summed E-state index contributed by atoms with van der Waals surface area (Å²) in [6.07, 6.45) is 0. The van der Waals surface area contributed by atoms with Crippen LogP contribution in [0.5, 0.6) is 11.5 Å². The highest BCUT2D eigenvalue weighted by Crippen LogP contribution is 2.39. The number of aromatic nitrogens is 4. The van der Waals surface area contributed by atoms with Gasteiger partial charge in [0.2, 0.25) is 0 Å². The monoisotopic (exact) mass is 470 g/mol. The SMILES string of the molecule is COc1cc(C(c2c(C)[nH][nH]c2=O)c2c(C)[nH][nH]c2=O)cc(I)c1OC. The molecule has 0 spiro atoms. The minimum Gasteiger partial charge on any atom is -0.493 e. The van der Waals surface area contributed by atoms with Crippen molar-refractivity contribution in [1.29, 1.82) is 0 Å². The lowest BCUT2D eigenvalue weighted by Crippen LogP contribution is -2.20. The third-order valence-electron chi connectivity index (χ3n) is 4.39. The fourth-order valence-electron chi connectivity index (χ4n) is 3.19. The molecular formula is C17H19IN4O4. The van der Waals surface area contributed by atoms with Gasteiger partial charge in [-0.1, -0.05) is 0 Å². The van der Waals surface area contributed by atoms with E-state index in [4.69, 9.17) is 9.47 Å². The van der Waals surface area contributed by atoms with Gasteiger partial charge in [0.05, 0.1) is 28.9 Å². The van der Waals surface area contributed by atoms with Crippen molar-refractivity contribution in [2.24, 2.45) is 0 Å². The zero-order chi connectivity index (χ0) is 19.0. The molecule has 1 aromatic carbocycles. The Kier molecular flexibility index (Phi) is 4.99. The van der Waals surface area contributed by atoms with E-state index in [0.717, 1.165) is 9.13 Å². The molecule has 26 heavy (non-hydrogen) atoms. The van der Waals surface area contributed by atoms with E-state index in [1.54, 1.807) is 34.1 Å². The number of aromatic amines is 4. The Morgan fingerprint density at radius 1 is 0.885 bits per heavy atom. The van der Waals surface area contributed by atoms with Crippen LogP contribution in [0, 0.1) is 17.4 Å². The van der Waals surface area contributed by atoms with Crippen LogP contribution < -0.4 is 20.6 Å². The third kappa shape index (κ3) is 2.96. The van der Waals surface area contributed by atoms with Crippen LogP contribution >= 0.6 is 22.6 Å². The number of nitrogens with one attached hydrogen (secondary N) is 4. The van der Waals surface area contributed by atoms with Crippen LogP contribution in [0.25, 0.3) is 0 Å². The Balaban J connectivity index is 2.35. The Hall–Kier alpha value is -2.43. The fraction of sp³-hybridized carbons (Fsp3) is 0.294. The maximum absolute atomic E-state index is 12.5. The molecular weight excluding hydrogens is 451 g/mol. The molecule has 2 aromatic heterocycles. The second kappa shape index (κ2) is 7.06. The van der Waals surface area contributed by atoms with Gasteiger partial charge in [0.15, 0.2) is 11.5 Å². The summed E-state index contributed by atoms with van der Waals surface area (Å²) >= 11 is 2.15. The quantitative estimate of drug-likeness (QED) is 0.428. The maximum atomic E-state index is 12.5. The predicted octanol–water partition coefficient (Wildman–Crippen LogP) is 2.14. The molecule has 8 nitrogen and oxygen atoms in total. The Bertz CT molecular complexity index is 1010. The van der Waals surface area contributed by atoms with Crippen LogP contribution in [-0.4, -0.2) is 34.6 Å². The van der Waals surface area contributed by atoms with Gasteiger partial charge < -0.3 is 19.7 Å². The van der Waals surface area contributed by atoms with Gasteiger partial charge in [-0.2, -0.15) is 0 Å². The number of hydrogen-bond donors (Lipinski definition) is 4. The number of methoxy groups -OCH3 is 2. The van der Waals surface area contributed by atoms with Gasteiger partial charge in [-0.3, -0.25) is 19.8 Å². The van der Waals surface area contributed by atoms with Crippen molar-refractivity contribution in [3.8, 4) is 11.5 Å². The van der Waals surface area contributed by atoms with Crippen molar-refractivity contribution in [1.82, 2.24) is 20.4 Å². The van der Waals surface area contributed by atoms with E-state index in [2.05, 4.69) is 43.0 Å². The van der Waals surface area contributed by atoms with Crippen molar-refractivity contribution in [2.75, 3.05) is 14.2 Å². The van der Waals surface area contributed by atoms with Crippen LogP contribution in [0.3, 0.4) is 0 Å². The standard InChI is InChI=1S/C17H19IN4O4/c1-7-12(16(23)21-19-7)14(13-8(2)20-22-17(13)24)9-5-10(18)15(26-4)11(6-9)25-3/h5-6,14H,1-4H3,(H2,19,21,23)(H2,20,22,24). The molecule has 0 fully saturated rings. The van der Waals surface area contributed by atoms with Crippen LogP contribution in [0.1, 0.15) is 34.0 Å². The highest BCUT2D eigenvalue weighted by atomic mass is 127. The van der Waals surface area contributed by atoms with Gasteiger partial charge in [-0.05, 0) is 54.1 Å². The topological polar surface area (TPSA) is 116 Å². The maximum Gasteiger partial charge on any atom is 0.268 e. The Morgan fingerprint density at radius 2 is 1.42 bits per heavy atom. The van der Waals surface area contributed by atoms with Crippen molar-refractivity contribution in [2.45, 2.75) is 19.8 Å². The molecule has 0 saturated heterocycles. The predicted molar refractivity (Wildman–Crippen MR) is 106 cm³/mol. The van der Waals surface area contributed by atoms with Crippen LogP contribution in [0.15, 0.2) is 21.7 Å². The molecule has 0 saturated carbocycles. The summed E-state index contributed by atoms with van der Waals surface area (Å²) in [5.41, 5.74) is 2.54. The summed E-state index contributed by atoms with van der Waals surface area (Å²) in [6.45, 7) is 3.59. The average Bonchev–Trinajstić information content (AvgIpc) is 3.11. The summed E-state index contributed by atoms with van der Waals surface area (Å²) < 4.78 is 11.7. The number of hydrogen-bond acceptors (Lipinski definition) is 4. The van der Waals surface area contributed by atoms with E-state index in [1.807, 2.05) is 6.07 Å². The number of benzene rings is 1. The van der Waals surface area contributed by atoms with E-state index in [0.29, 0.717) is 34.0 Å². The van der Waals surface area contributed by atoms with E-state index >= 15 is 0 Å². The zero-order valence-electron chi connectivity index (χ0n) is 14.7. The first-order valence-electron chi connectivity index (χ1n) is 7.84. The average molecular weight is 470 g/mol. The largest absolute Gasteiger partial charge is 0.493 e. The molecule has 3 rings (SSSR count). The van der Waals surface area contributed by atoms with Crippen LogP contribution in [-0.2, 0) is 0 Å². The molecule has 9 heteroatoms. The van der Waals surface area contributed by atoms with Crippen LogP contribution in [0.2, 0.25) is 0 Å². The molecule has 0 radical (unpaired) electrons. The molecule has 0 unspecified atom stereocenters. The first kappa shape index (κ1) is 18.4. The molecule has 0 aliphatic heterocycles. The molecule has 3 aromatic rings. The second-order valence-electron chi connectivity index (χ2n) is 5.91. The summed E-state index contributed by atoms with van der Waals surface area (Å²) in [5.74, 6) is 0.581. The smallest absolute Gasteiger partial charge is 0.268 e. The summed E-state index contributed by atoms with van der Waals surface area (Å²) in [4.78, 5) is 24.9. The van der Waals surface area contributed by atoms with Gasteiger partial charge in [0, 0.05) is 17.3 Å². The van der Waals surface area contributed by atoms with E-state index in [1.165, 1.54) is 0 Å². The van der Waals surface area contributed by atoms with E-state index in [-0.39, 0.29) is 11.1 Å². The lowest BCUT2D eigenvalue weighted by molar-refractivity contribution is 0.352. The molecule has 4 N–H and O–H groups in total. The number of aryl methyl sites for hydroxylation is 2. The first-order valence-corrected chi connectivity index (χ1v) is 8.92. The molecule has 0 aliphatic rings. The van der Waals surface area contributed by atoms with Gasteiger partial charge in [-0.25, -0.2) is 0 Å². The summed E-state index contributed by atoms with van der Waals surface area (Å²) in [7, 11) is 3.12. The third-order valence-corrected chi connectivity index (χ3v) is 5.19. The van der Waals surface area contributed by atoms with E-state index in [9.17, 15) is 9.59 Å². The number of H-pyrrole nitrogens is 4. The van der Waals surface area contributed by atoms with Crippen molar-refractivity contribution >= 4 is 22.6 Å². The normalized spacial score (nSPS) is 11.2. The fourth-order valence-corrected chi connectivity index (χ4v) is 4.03. The first-order chi connectivity index (χ1) is 12.4. The molecule has 0 amide bonds. The van der Waals surface area contributed by atoms with E-state index < -0.39 is 5.92 Å². The molecule has 0 atom stereocenters. The Labute approximate surface area is 162 Å². The molecule has 0 aliphatic carbocycles. The van der Waals surface area contributed by atoms with Crippen LogP contribution in [0.4, 0.5) is 0 Å². The minimum absolute atomic E-state index is 0.266. The number of halogens is 1. The number of ether oxygens (including phenoxy) is 2. The highest BCUT2D eigenvalue weighted by Gasteiger charge is 2.29. The highest BCUT2D eigenvalue weighted by molar-refractivity contribution is 14.1. The minimum atomic E-state index is -0.562. The molecule has 2 heterocycles. The van der Waals surface area contributed by atoms with Crippen molar-refractivity contribution in [3.05, 3.63) is 64.5 Å². The Morgan fingerprint density at radius 3 is 1.81 bits per heavy atom. The number of rotatable bonds is 5. The van der Waals surface area contributed by atoms with Gasteiger partial charge in [0.25, 0.3) is 11.1 Å². The molecule has 138 valence electrons.